The normalized spacial score (nSPS) is 10.2. The van der Waals surface area contributed by atoms with E-state index in [1.165, 1.54) is 11.8 Å². The minimum atomic E-state index is -0.351. The van der Waals surface area contributed by atoms with Gasteiger partial charge in [0.2, 0.25) is 11.8 Å². The number of amides is 2. The second-order valence-corrected chi connectivity index (χ2v) is 6.05. The monoisotopic (exact) mass is 380 g/mol. The van der Waals surface area contributed by atoms with Crippen molar-refractivity contribution >= 4 is 46.4 Å². The van der Waals surface area contributed by atoms with E-state index in [0.29, 0.717) is 28.0 Å². The van der Waals surface area contributed by atoms with E-state index in [4.69, 9.17) is 27.9 Å². The molecule has 2 aromatic rings. The van der Waals surface area contributed by atoms with Gasteiger partial charge >= 0.3 is 0 Å². The van der Waals surface area contributed by atoms with Crippen molar-refractivity contribution in [1.29, 1.82) is 0 Å². The van der Waals surface area contributed by atoms with Gasteiger partial charge in [-0.15, -0.1) is 0 Å². The molecule has 0 aliphatic carbocycles. The molecule has 0 saturated heterocycles. The van der Waals surface area contributed by atoms with Crippen LogP contribution < -0.4 is 15.0 Å². The van der Waals surface area contributed by atoms with Crippen LogP contribution in [0.1, 0.15) is 13.8 Å². The van der Waals surface area contributed by atoms with Crippen LogP contribution in [0.2, 0.25) is 10.0 Å². The maximum Gasteiger partial charge on any atom is 0.244 e. The van der Waals surface area contributed by atoms with Gasteiger partial charge in [-0.1, -0.05) is 23.2 Å². The second kappa shape index (κ2) is 8.74. The number of halogens is 2. The van der Waals surface area contributed by atoms with E-state index in [1.807, 2.05) is 6.92 Å². The molecule has 2 aromatic carbocycles. The molecule has 0 aliphatic heterocycles. The third-order valence-corrected chi connectivity index (χ3v) is 3.88. The van der Waals surface area contributed by atoms with Gasteiger partial charge in [0, 0.05) is 17.6 Å². The van der Waals surface area contributed by atoms with Crippen molar-refractivity contribution in [2.24, 2.45) is 0 Å². The molecule has 0 fully saturated rings. The van der Waals surface area contributed by atoms with Gasteiger partial charge < -0.3 is 15.0 Å². The lowest BCUT2D eigenvalue weighted by atomic mass is 10.2. The van der Waals surface area contributed by atoms with Crippen LogP contribution in [0.5, 0.6) is 5.75 Å². The Kier molecular flexibility index (Phi) is 6.67. The second-order valence-electron chi connectivity index (χ2n) is 5.21. The largest absolute Gasteiger partial charge is 0.494 e. The lowest BCUT2D eigenvalue weighted by Gasteiger charge is -2.22. The number of ether oxygens (including phenoxy) is 1. The molecule has 132 valence electrons. The zero-order valence-corrected chi connectivity index (χ0v) is 15.4. The van der Waals surface area contributed by atoms with Crippen LogP contribution in [0.15, 0.2) is 42.5 Å². The minimum absolute atomic E-state index is 0.178. The van der Waals surface area contributed by atoms with Crippen LogP contribution in [0.3, 0.4) is 0 Å². The Morgan fingerprint density at radius 3 is 2.40 bits per heavy atom. The van der Waals surface area contributed by atoms with E-state index in [0.717, 1.165) is 5.75 Å². The zero-order valence-electron chi connectivity index (χ0n) is 13.9. The van der Waals surface area contributed by atoms with Crippen LogP contribution in [0.4, 0.5) is 11.4 Å². The molecule has 0 aromatic heterocycles. The number of anilines is 2. The molecule has 0 unspecified atom stereocenters. The van der Waals surface area contributed by atoms with Gasteiger partial charge in [-0.25, -0.2) is 0 Å². The number of hydrogen-bond acceptors (Lipinski definition) is 3. The molecule has 0 heterocycles. The van der Waals surface area contributed by atoms with Crippen molar-refractivity contribution in [2.45, 2.75) is 13.8 Å². The van der Waals surface area contributed by atoms with E-state index in [-0.39, 0.29) is 18.4 Å². The van der Waals surface area contributed by atoms with E-state index >= 15 is 0 Å². The highest BCUT2D eigenvalue weighted by Gasteiger charge is 2.19. The van der Waals surface area contributed by atoms with Crippen LogP contribution >= 0.6 is 23.2 Å². The van der Waals surface area contributed by atoms with Gasteiger partial charge in [0.1, 0.15) is 12.3 Å². The number of carbonyl (C=O) groups is 2. The lowest BCUT2D eigenvalue weighted by Crippen LogP contribution is -2.36. The van der Waals surface area contributed by atoms with Crippen molar-refractivity contribution in [1.82, 2.24) is 0 Å². The van der Waals surface area contributed by atoms with Crippen molar-refractivity contribution in [3.8, 4) is 5.75 Å². The zero-order chi connectivity index (χ0) is 18.4. The minimum Gasteiger partial charge on any atom is -0.494 e. The standard InChI is InChI=1S/C18H18Cl2N2O3/c1-3-25-15-7-5-14(6-8-15)21-18(24)11-22(12(2)23)17-10-13(19)4-9-16(17)20/h4-10H,3,11H2,1-2H3,(H,21,24). The first-order valence-corrected chi connectivity index (χ1v) is 8.42. The Morgan fingerprint density at radius 2 is 1.80 bits per heavy atom. The fourth-order valence-electron chi connectivity index (χ4n) is 2.20. The molecule has 2 amide bonds. The highest BCUT2D eigenvalue weighted by atomic mass is 35.5. The van der Waals surface area contributed by atoms with Gasteiger partial charge in [-0.2, -0.15) is 0 Å². The molecule has 25 heavy (non-hydrogen) atoms. The summed E-state index contributed by atoms with van der Waals surface area (Å²) in [4.78, 5) is 25.5. The summed E-state index contributed by atoms with van der Waals surface area (Å²) in [6, 6.07) is 11.7. The Labute approximate surface area is 156 Å². The average molecular weight is 381 g/mol. The molecule has 0 radical (unpaired) electrons. The third-order valence-electron chi connectivity index (χ3n) is 3.33. The summed E-state index contributed by atoms with van der Waals surface area (Å²) in [5, 5.41) is 3.51. The number of benzene rings is 2. The van der Waals surface area contributed by atoms with Gasteiger partial charge in [0.05, 0.1) is 17.3 Å². The first kappa shape index (κ1) is 19.1. The maximum absolute atomic E-state index is 12.3. The molecule has 7 heteroatoms. The van der Waals surface area contributed by atoms with Crippen LogP contribution in [-0.4, -0.2) is 25.0 Å². The van der Waals surface area contributed by atoms with Crippen molar-refractivity contribution in [3.05, 3.63) is 52.5 Å². The van der Waals surface area contributed by atoms with Gasteiger partial charge in [-0.3, -0.25) is 9.59 Å². The molecule has 0 aliphatic rings. The predicted octanol–water partition coefficient (Wildman–Crippen LogP) is 4.38. The van der Waals surface area contributed by atoms with Crippen LogP contribution in [0, 0.1) is 0 Å². The topological polar surface area (TPSA) is 58.6 Å². The highest BCUT2D eigenvalue weighted by Crippen LogP contribution is 2.29. The number of nitrogens with one attached hydrogen (secondary N) is 1. The lowest BCUT2D eigenvalue weighted by molar-refractivity contribution is -0.120. The smallest absolute Gasteiger partial charge is 0.244 e. The molecule has 1 N–H and O–H groups in total. The van der Waals surface area contributed by atoms with Crippen molar-refractivity contribution < 1.29 is 14.3 Å². The molecule has 5 nitrogen and oxygen atoms in total. The molecular formula is C18H18Cl2N2O3. The summed E-state index contributed by atoms with van der Waals surface area (Å²) in [6.07, 6.45) is 0. The SMILES string of the molecule is CCOc1ccc(NC(=O)CN(C(C)=O)c2cc(Cl)ccc2Cl)cc1. The fourth-order valence-corrected chi connectivity index (χ4v) is 2.59. The fraction of sp³-hybridized carbons (Fsp3) is 0.222. The average Bonchev–Trinajstić information content (AvgIpc) is 2.57. The third kappa shape index (κ3) is 5.37. The summed E-state index contributed by atoms with van der Waals surface area (Å²) in [6.45, 7) is 3.65. The van der Waals surface area contributed by atoms with Crippen LogP contribution in [0.25, 0.3) is 0 Å². The Morgan fingerprint density at radius 1 is 1.12 bits per heavy atom. The highest BCUT2D eigenvalue weighted by molar-refractivity contribution is 6.35. The van der Waals surface area contributed by atoms with Gasteiger partial charge in [-0.05, 0) is 49.4 Å². The molecule has 0 spiro atoms. The van der Waals surface area contributed by atoms with E-state index < -0.39 is 0 Å². The van der Waals surface area contributed by atoms with Gasteiger partial charge in [0.25, 0.3) is 0 Å². The van der Waals surface area contributed by atoms with Crippen molar-refractivity contribution in [2.75, 3.05) is 23.4 Å². The summed E-state index contributed by atoms with van der Waals surface area (Å²) in [5.74, 6) is 0.0537. The van der Waals surface area contributed by atoms with Crippen molar-refractivity contribution in [3.63, 3.8) is 0 Å². The molecule has 0 bridgehead atoms. The summed E-state index contributed by atoms with van der Waals surface area (Å²) >= 11 is 12.1. The van der Waals surface area contributed by atoms with Crippen LogP contribution in [-0.2, 0) is 9.59 Å². The molecule has 0 saturated carbocycles. The molecule has 0 atom stereocenters. The summed E-state index contributed by atoms with van der Waals surface area (Å²) in [7, 11) is 0. The number of nitrogens with zero attached hydrogens (tertiary/aromatic N) is 1. The Hall–Kier alpha value is -2.24. The summed E-state index contributed by atoms with van der Waals surface area (Å²) < 4.78 is 5.35. The van der Waals surface area contributed by atoms with E-state index in [9.17, 15) is 9.59 Å². The maximum atomic E-state index is 12.3. The predicted molar refractivity (Wildman–Crippen MR) is 101 cm³/mol. The van der Waals surface area contributed by atoms with E-state index in [1.54, 1.807) is 42.5 Å². The quantitative estimate of drug-likeness (QED) is 0.808. The van der Waals surface area contributed by atoms with Gasteiger partial charge in [0.15, 0.2) is 0 Å². The first-order valence-electron chi connectivity index (χ1n) is 7.66. The Balaban J connectivity index is 2.10. The molecule has 2 rings (SSSR count). The number of rotatable bonds is 6. The number of hydrogen-bond donors (Lipinski definition) is 1. The number of carbonyl (C=O) groups excluding carboxylic acids is 2. The molecular weight excluding hydrogens is 363 g/mol. The van der Waals surface area contributed by atoms with E-state index in [2.05, 4.69) is 5.32 Å². The first-order chi connectivity index (χ1) is 11.9. The Bertz CT molecular complexity index is 763. The summed E-state index contributed by atoms with van der Waals surface area (Å²) in [5.41, 5.74) is 0.998.